The molecule has 1 aromatic rings. The van der Waals surface area contributed by atoms with Gasteiger partial charge in [0.2, 0.25) is 0 Å². The average Bonchev–Trinajstić information content (AvgIpc) is 2.35. The van der Waals surface area contributed by atoms with E-state index in [-0.39, 0.29) is 0 Å². The molecular weight excluding hydrogens is 198 g/mol. The van der Waals surface area contributed by atoms with E-state index in [1.54, 1.807) is 7.11 Å². The van der Waals surface area contributed by atoms with Crippen molar-refractivity contribution in [1.29, 1.82) is 0 Å². The number of methoxy groups -OCH3 is 1. The molecule has 0 radical (unpaired) electrons. The maximum atomic E-state index is 5.15. The minimum absolute atomic E-state index is 0.730. The van der Waals surface area contributed by atoms with Crippen molar-refractivity contribution in [2.45, 2.75) is 26.7 Å². The zero-order valence-corrected chi connectivity index (χ0v) is 10.6. The van der Waals surface area contributed by atoms with Crippen LogP contribution in [0.25, 0.3) is 0 Å². The molecule has 0 amide bonds. The van der Waals surface area contributed by atoms with Crippen LogP contribution in [0, 0.1) is 5.92 Å². The van der Waals surface area contributed by atoms with Crippen LogP contribution in [0.3, 0.4) is 0 Å². The molecule has 0 heterocycles. The van der Waals surface area contributed by atoms with Crippen LogP contribution in [-0.2, 0) is 6.42 Å². The molecule has 0 saturated carbocycles. The fourth-order valence-electron chi connectivity index (χ4n) is 1.80. The molecule has 1 aromatic carbocycles. The zero-order chi connectivity index (χ0) is 11.8. The summed E-state index contributed by atoms with van der Waals surface area (Å²) >= 11 is 0. The van der Waals surface area contributed by atoms with Crippen LogP contribution in [0.15, 0.2) is 24.3 Å². The lowest BCUT2D eigenvalue weighted by Crippen LogP contribution is -2.23. The van der Waals surface area contributed by atoms with E-state index in [1.807, 2.05) is 12.1 Å². The second-order valence-electron chi connectivity index (χ2n) is 4.13. The Kier molecular flexibility index (Phi) is 5.94. The minimum Gasteiger partial charge on any atom is -0.497 e. The number of benzene rings is 1. The Labute approximate surface area is 99.0 Å². The first-order valence-corrected chi connectivity index (χ1v) is 6.13. The fraction of sp³-hybridized carbons (Fsp3) is 0.571. The van der Waals surface area contributed by atoms with E-state index in [0.717, 1.165) is 31.2 Å². The van der Waals surface area contributed by atoms with Gasteiger partial charge in [-0.05, 0) is 43.1 Å². The SMILES string of the molecule is CCNCC(CC)Cc1ccc(OC)cc1. The molecule has 0 spiro atoms. The Morgan fingerprint density at radius 3 is 2.38 bits per heavy atom. The third-order valence-corrected chi connectivity index (χ3v) is 2.94. The molecule has 1 atom stereocenters. The summed E-state index contributed by atoms with van der Waals surface area (Å²) in [5, 5.41) is 3.42. The average molecular weight is 221 g/mol. The maximum absolute atomic E-state index is 5.15. The quantitative estimate of drug-likeness (QED) is 0.764. The summed E-state index contributed by atoms with van der Waals surface area (Å²) in [5.41, 5.74) is 1.39. The van der Waals surface area contributed by atoms with Crippen molar-refractivity contribution in [2.24, 2.45) is 5.92 Å². The van der Waals surface area contributed by atoms with Crippen molar-refractivity contribution in [2.75, 3.05) is 20.2 Å². The molecule has 0 aromatic heterocycles. The number of nitrogens with one attached hydrogen (secondary N) is 1. The molecule has 1 unspecified atom stereocenters. The van der Waals surface area contributed by atoms with Gasteiger partial charge in [0, 0.05) is 0 Å². The van der Waals surface area contributed by atoms with Gasteiger partial charge in [-0.15, -0.1) is 0 Å². The monoisotopic (exact) mass is 221 g/mol. The third kappa shape index (κ3) is 4.23. The number of ether oxygens (including phenoxy) is 1. The van der Waals surface area contributed by atoms with Gasteiger partial charge in [-0.2, -0.15) is 0 Å². The van der Waals surface area contributed by atoms with Gasteiger partial charge < -0.3 is 10.1 Å². The molecule has 2 nitrogen and oxygen atoms in total. The van der Waals surface area contributed by atoms with Crippen molar-refractivity contribution in [3.05, 3.63) is 29.8 Å². The van der Waals surface area contributed by atoms with Crippen molar-refractivity contribution in [3.8, 4) is 5.75 Å². The first-order chi connectivity index (χ1) is 7.80. The molecule has 0 aliphatic rings. The third-order valence-electron chi connectivity index (χ3n) is 2.94. The van der Waals surface area contributed by atoms with E-state index in [4.69, 9.17) is 4.74 Å². The van der Waals surface area contributed by atoms with Crippen LogP contribution in [0.5, 0.6) is 5.75 Å². The Morgan fingerprint density at radius 1 is 1.19 bits per heavy atom. The lowest BCUT2D eigenvalue weighted by molar-refractivity contribution is 0.414. The predicted octanol–water partition coefficient (Wildman–Crippen LogP) is 2.87. The van der Waals surface area contributed by atoms with Crippen molar-refractivity contribution < 1.29 is 4.74 Å². The highest BCUT2D eigenvalue weighted by Crippen LogP contribution is 2.15. The van der Waals surface area contributed by atoms with Crippen LogP contribution in [0.4, 0.5) is 0 Å². The van der Waals surface area contributed by atoms with Gasteiger partial charge in [0.15, 0.2) is 0 Å². The summed E-state index contributed by atoms with van der Waals surface area (Å²) in [4.78, 5) is 0. The summed E-state index contributed by atoms with van der Waals surface area (Å²) in [6.45, 7) is 6.57. The summed E-state index contributed by atoms with van der Waals surface area (Å²) in [7, 11) is 1.70. The molecule has 0 aliphatic carbocycles. The standard InChI is InChI=1S/C14H23NO/c1-4-12(11-15-5-2)10-13-6-8-14(16-3)9-7-13/h6-9,12,15H,4-5,10-11H2,1-3H3. The Bertz CT molecular complexity index is 281. The molecule has 2 heteroatoms. The molecule has 0 saturated heterocycles. The Hall–Kier alpha value is -1.02. The normalized spacial score (nSPS) is 12.4. The number of rotatable bonds is 7. The highest BCUT2D eigenvalue weighted by molar-refractivity contribution is 5.27. The molecule has 0 aliphatic heterocycles. The minimum atomic E-state index is 0.730. The van der Waals surface area contributed by atoms with Crippen molar-refractivity contribution in [3.63, 3.8) is 0 Å². The molecule has 1 rings (SSSR count). The van der Waals surface area contributed by atoms with Gasteiger partial charge in [-0.3, -0.25) is 0 Å². The van der Waals surface area contributed by atoms with E-state index < -0.39 is 0 Å². The molecule has 0 bridgehead atoms. The van der Waals surface area contributed by atoms with Crippen LogP contribution >= 0.6 is 0 Å². The van der Waals surface area contributed by atoms with Gasteiger partial charge in [0.25, 0.3) is 0 Å². The topological polar surface area (TPSA) is 21.3 Å². The predicted molar refractivity (Wildman–Crippen MR) is 69.0 cm³/mol. The Balaban J connectivity index is 2.49. The van der Waals surface area contributed by atoms with Gasteiger partial charge in [-0.1, -0.05) is 32.4 Å². The molecule has 16 heavy (non-hydrogen) atoms. The fourth-order valence-corrected chi connectivity index (χ4v) is 1.80. The number of hydrogen-bond donors (Lipinski definition) is 1. The van der Waals surface area contributed by atoms with Gasteiger partial charge in [0.1, 0.15) is 5.75 Å². The van der Waals surface area contributed by atoms with Gasteiger partial charge in [-0.25, -0.2) is 0 Å². The van der Waals surface area contributed by atoms with Crippen molar-refractivity contribution in [1.82, 2.24) is 5.32 Å². The van der Waals surface area contributed by atoms with Crippen LogP contribution in [0.2, 0.25) is 0 Å². The van der Waals surface area contributed by atoms with Gasteiger partial charge >= 0.3 is 0 Å². The maximum Gasteiger partial charge on any atom is 0.118 e. The molecule has 0 fully saturated rings. The number of hydrogen-bond acceptors (Lipinski definition) is 2. The largest absolute Gasteiger partial charge is 0.497 e. The highest BCUT2D eigenvalue weighted by Gasteiger charge is 2.06. The smallest absolute Gasteiger partial charge is 0.118 e. The summed E-state index contributed by atoms with van der Waals surface area (Å²) in [5.74, 6) is 1.66. The first-order valence-electron chi connectivity index (χ1n) is 6.13. The second-order valence-corrected chi connectivity index (χ2v) is 4.13. The van der Waals surface area contributed by atoms with Crippen LogP contribution in [-0.4, -0.2) is 20.2 Å². The Morgan fingerprint density at radius 2 is 1.88 bits per heavy atom. The van der Waals surface area contributed by atoms with E-state index in [2.05, 4.69) is 31.3 Å². The lowest BCUT2D eigenvalue weighted by atomic mass is 9.97. The highest BCUT2D eigenvalue weighted by atomic mass is 16.5. The zero-order valence-electron chi connectivity index (χ0n) is 10.6. The van der Waals surface area contributed by atoms with Crippen LogP contribution in [0.1, 0.15) is 25.8 Å². The van der Waals surface area contributed by atoms with Crippen molar-refractivity contribution >= 4 is 0 Å². The summed E-state index contributed by atoms with van der Waals surface area (Å²) in [6.07, 6.45) is 2.37. The van der Waals surface area contributed by atoms with Crippen LogP contribution < -0.4 is 10.1 Å². The lowest BCUT2D eigenvalue weighted by Gasteiger charge is -2.15. The van der Waals surface area contributed by atoms with E-state index >= 15 is 0 Å². The molecule has 90 valence electrons. The molecule has 1 N–H and O–H groups in total. The van der Waals surface area contributed by atoms with Gasteiger partial charge in [0.05, 0.1) is 7.11 Å². The molecular formula is C14H23NO. The summed E-state index contributed by atoms with van der Waals surface area (Å²) in [6, 6.07) is 8.39. The first kappa shape index (κ1) is 13.0. The van der Waals surface area contributed by atoms with E-state index in [9.17, 15) is 0 Å². The van der Waals surface area contributed by atoms with E-state index in [1.165, 1.54) is 12.0 Å². The summed E-state index contributed by atoms with van der Waals surface area (Å²) < 4.78 is 5.15. The van der Waals surface area contributed by atoms with E-state index in [0.29, 0.717) is 0 Å². The second kappa shape index (κ2) is 7.29.